The summed E-state index contributed by atoms with van der Waals surface area (Å²) in [7, 11) is 4.68. The van der Waals surface area contributed by atoms with Crippen LogP contribution in [-0.2, 0) is 14.3 Å². The topological polar surface area (TPSA) is 86.3 Å². The Bertz CT molecular complexity index is 1100. The Balaban J connectivity index is 1.41. The van der Waals surface area contributed by atoms with Gasteiger partial charge in [-0.3, -0.25) is 9.59 Å². The maximum atomic E-state index is 13.5. The molecular weight excluding hydrogens is 412 g/mol. The Kier molecular flexibility index (Phi) is 4.82. The van der Waals surface area contributed by atoms with Gasteiger partial charge in [0.15, 0.2) is 0 Å². The predicted octanol–water partition coefficient (Wildman–Crippen LogP) is 2.64. The van der Waals surface area contributed by atoms with E-state index in [1.54, 1.807) is 37.3 Å². The number of rotatable bonds is 6. The van der Waals surface area contributed by atoms with Gasteiger partial charge in [-0.1, -0.05) is 12.2 Å². The van der Waals surface area contributed by atoms with Crippen molar-refractivity contribution in [1.82, 2.24) is 0 Å². The van der Waals surface area contributed by atoms with Crippen molar-refractivity contribution in [3.8, 4) is 17.2 Å². The third-order valence-corrected chi connectivity index (χ3v) is 6.45. The lowest BCUT2D eigenvalue weighted by atomic mass is 9.76. The highest BCUT2D eigenvalue weighted by molar-refractivity contribution is 6.05. The van der Waals surface area contributed by atoms with Crippen molar-refractivity contribution in [3.05, 3.63) is 54.6 Å². The lowest BCUT2D eigenvalue weighted by molar-refractivity contribution is -0.128. The molecule has 4 unspecified atom stereocenters. The number of carbonyl (C=O) groups excluding carboxylic acids is 2. The fraction of sp³-hybridized carbons (Fsp3) is 0.333. The van der Waals surface area contributed by atoms with Gasteiger partial charge in [0, 0.05) is 11.8 Å². The molecule has 3 heterocycles. The molecule has 2 bridgehead atoms. The normalized spacial score (nSPS) is 27.4. The Morgan fingerprint density at radius 1 is 1.06 bits per heavy atom. The number of benzene rings is 2. The lowest BCUT2D eigenvalue weighted by Gasteiger charge is -2.24. The van der Waals surface area contributed by atoms with Crippen LogP contribution in [0.2, 0.25) is 0 Å². The van der Waals surface area contributed by atoms with Crippen LogP contribution in [0.25, 0.3) is 0 Å². The van der Waals surface area contributed by atoms with Gasteiger partial charge in [0.1, 0.15) is 22.8 Å². The zero-order valence-corrected chi connectivity index (χ0v) is 18.0. The van der Waals surface area contributed by atoms with Crippen molar-refractivity contribution >= 4 is 23.2 Å². The third kappa shape index (κ3) is 3.02. The molecule has 5 rings (SSSR count). The molecule has 1 N–H and O–H groups in total. The van der Waals surface area contributed by atoms with Crippen LogP contribution in [0.15, 0.2) is 54.6 Å². The highest BCUT2D eigenvalue weighted by Crippen LogP contribution is 2.53. The molecule has 0 aliphatic carbocycles. The molecule has 8 heteroatoms. The summed E-state index contributed by atoms with van der Waals surface area (Å²) in [6, 6.07) is 12.4. The van der Waals surface area contributed by atoms with Gasteiger partial charge in [0.25, 0.3) is 0 Å². The van der Waals surface area contributed by atoms with Crippen molar-refractivity contribution in [3.63, 3.8) is 0 Å². The predicted molar refractivity (Wildman–Crippen MR) is 117 cm³/mol. The summed E-state index contributed by atoms with van der Waals surface area (Å²) in [5, 5.41) is 2.92. The van der Waals surface area contributed by atoms with Crippen LogP contribution < -0.4 is 24.4 Å². The Labute approximate surface area is 185 Å². The van der Waals surface area contributed by atoms with Gasteiger partial charge in [0.05, 0.1) is 51.5 Å². The number of nitrogens with one attached hydrogen (secondary N) is 1. The van der Waals surface area contributed by atoms with Crippen LogP contribution in [-0.4, -0.2) is 51.4 Å². The standard InChI is InChI=1S/C24H24N2O6/c1-29-15-6-4-14(5-7-15)26-13-24-11-10-18(32-24)20(21(24)23(26)28)22(27)25-17-9-8-16(30-2)12-19(17)31-3/h4-12,18,20-21H,13H2,1-3H3,(H,25,27). The Morgan fingerprint density at radius 3 is 2.47 bits per heavy atom. The van der Waals surface area contributed by atoms with Crippen LogP contribution >= 0.6 is 0 Å². The number of nitrogens with zero attached hydrogens (tertiary/aromatic N) is 1. The van der Waals surface area contributed by atoms with Gasteiger partial charge in [-0.05, 0) is 36.4 Å². The monoisotopic (exact) mass is 436 g/mol. The van der Waals surface area contributed by atoms with E-state index in [1.165, 1.54) is 7.11 Å². The molecule has 3 aliphatic heterocycles. The molecule has 0 radical (unpaired) electrons. The number of methoxy groups -OCH3 is 3. The van der Waals surface area contributed by atoms with Gasteiger partial charge in [0.2, 0.25) is 11.8 Å². The molecule has 1 spiro atoms. The number of amides is 2. The molecule has 32 heavy (non-hydrogen) atoms. The van der Waals surface area contributed by atoms with E-state index in [0.717, 1.165) is 5.69 Å². The highest BCUT2D eigenvalue weighted by Gasteiger charge is 2.67. The number of hydrogen-bond donors (Lipinski definition) is 1. The first-order chi connectivity index (χ1) is 15.5. The summed E-state index contributed by atoms with van der Waals surface area (Å²) in [6.45, 7) is 0.367. The molecule has 0 aromatic heterocycles. The lowest BCUT2D eigenvalue weighted by Crippen LogP contribution is -2.41. The quantitative estimate of drug-likeness (QED) is 0.701. The molecule has 166 valence electrons. The zero-order chi connectivity index (χ0) is 22.5. The summed E-state index contributed by atoms with van der Waals surface area (Å²) in [6.07, 6.45) is 3.38. The Hall–Kier alpha value is -3.52. The van der Waals surface area contributed by atoms with Crippen LogP contribution in [0.4, 0.5) is 11.4 Å². The van der Waals surface area contributed by atoms with Crippen LogP contribution in [0, 0.1) is 11.8 Å². The van der Waals surface area contributed by atoms with Crippen LogP contribution in [0.5, 0.6) is 17.2 Å². The third-order valence-electron chi connectivity index (χ3n) is 6.45. The highest BCUT2D eigenvalue weighted by atomic mass is 16.5. The van der Waals surface area contributed by atoms with E-state index in [1.807, 2.05) is 36.4 Å². The summed E-state index contributed by atoms with van der Waals surface area (Å²) in [5.74, 6) is 0.173. The minimum absolute atomic E-state index is 0.121. The van der Waals surface area contributed by atoms with E-state index in [-0.39, 0.29) is 11.8 Å². The van der Waals surface area contributed by atoms with E-state index >= 15 is 0 Å². The van der Waals surface area contributed by atoms with Crippen molar-refractivity contribution < 1.29 is 28.5 Å². The maximum Gasteiger partial charge on any atom is 0.234 e. The van der Waals surface area contributed by atoms with Crippen molar-refractivity contribution in [2.45, 2.75) is 11.7 Å². The van der Waals surface area contributed by atoms with Gasteiger partial charge >= 0.3 is 0 Å². The average Bonchev–Trinajstić information content (AvgIpc) is 3.47. The van der Waals surface area contributed by atoms with Crippen LogP contribution in [0.3, 0.4) is 0 Å². The first-order valence-electron chi connectivity index (χ1n) is 10.3. The molecule has 2 aromatic rings. The first kappa shape index (κ1) is 20.4. The van der Waals surface area contributed by atoms with Gasteiger partial charge < -0.3 is 29.2 Å². The largest absolute Gasteiger partial charge is 0.497 e. The summed E-state index contributed by atoms with van der Waals surface area (Å²) < 4.78 is 22.0. The fourth-order valence-electron chi connectivity index (χ4n) is 4.90. The van der Waals surface area contributed by atoms with Crippen molar-refractivity contribution in [2.75, 3.05) is 38.1 Å². The van der Waals surface area contributed by atoms with Gasteiger partial charge in [-0.25, -0.2) is 0 Å². The van der Waals surface area contributed by atoms with Crippen molar-refractivity contribution in [1.29, 1.82) is 0 Å². The molecule has 2 saturated heterocycles. The number of ether oxygens (including phenoxy) is 4. The molecule has 4 atom stereocenters. The fourth-order valence-corrected chi connectivity index (χ4v) is 4.90. The molecule has 8 nitrogen and oxygen atoms in total. The SMILES string of the molecule is COc1ccc(N2CC34C=CC(O3)C(C(=O)Nc3ccc(OC)cc3OC)C4C2=O)cc1. The Morgan fingerprint density at radius 2 is 1.78 bits per heavy atom. The number of anilines is 2. The molecule has 0 saturated carbocycles. The van der Waals surface area contributed by atoms with Crippen molar-refractivity contribution in [2.24, 2.45) is 11.8 Å². The van der Waals surface area contributed by atoms with Gasteiger partial charge in [-0.15, -0.1) is 0 Å². The van der Waals surface area contributed by atoms with E-state index in [4.69, 9.17) is 18.9 Å². The second-order valence-corrected chi connectivity index (χ2v) is 8.08. The van der Waals surface area contributed by atoms with E-state index < -0.39 is 23.5 Å². The number of hydrogen-bond acceptors (Lipinski definition) is 6. The van der Waals surface area contributed by atoms with E-state index in [2.05, 4.69) is 5.32 Å². The molecule has 2 fully saturated rings. The second-order valence-electron chi connectivity index (χ2n) is 8.08. The zero-order valence-electron chi connectivity index (χ0n) is 18.0. The average molecular weight is 436 g/mol. The van der Waals surface area contributed by atoms with Crippen LogP contribution in [0.1, 0.15) is 0 Å². The number of fused-ring (bicyclic) bond motifs is 1. The smallest absolute Gasteiger partial charge is 0.234 e. The molecular formula is C24H24N2O6. The van der Waals surface area contributed by atoms with E-state index in [0.29, 0.717) is 29.5 Å². The second kappa shape index (κ2) is 7.56. The van der Waals surface area contributed by atoms with E-state index in [9.17, 15) is 9.59 Å². The maximum absolute atomic E-state index is 13.5. The molecule has 3 aliphatic rings. The molecule has 2 amide bonds. The molecule has 2 aromatic carbocycles. The summed E-state index contributed by atoms with van der Waals surface area (Å²) in [4.78, 5) is 28.5. The minimum atomic E-state index is -0.798. The summed E-state index contributed by atoms with van der Waals surface area (Å²) in [5.41, 5.74) is 0.459. The minimum Gasteiger partial charge on any atom is -0.497 e. The summed E-state index contributed by atoms with van der Waals surface area (Å²) >= 11 is 0. The van der Waals surface area contributed by atoms with Gasteiger partial charge in [-0.2, -0.15) is 0 Å². The number of carbonyl (C=O) groups is 2. The first-order valence-corrected chi connectivity index (χ1v) is 10.3.